The van der Waals surface area contributed by atoms with Crippen molar-refractivity contribution in [2.24, 2.45) is 0 Å². The van der Waals surface area contributed by atoms with E-state index in [1.54, 1.807) is 25.3 Å². The van der Waals surface area contributed by atoms with E-state index in [1.807, 2.05) is 23.8 Å². The highest BCUT2D eigenvalue weighted by atomic mass is 35.5. The zero-order valence-corrected chi connectivity index (χ0v) is 14.4. The smallest absolute Gasteiger partial charge is 0.260 e. The van der Waals surface area contributed by atoms with Gasteiger partial charge < -0.3 is 14.6 Å². The second-order valence-electron chi connectivity index (χ2n) is 5.35. The predicted molar refractivity (Wildman–Crippen MR) is 90.9 cm³/mol. The zero-order chi connectivity index (χ0) is 16.8. The summed E-state index contributed by atoms with van der Waals surface area (Å²) in [5, 5.41) is 3.54. The topological polar surface area (TPSA) is 56.2 Å². The molecule has 0 unspecified atom stereocenters. The molecule has 23 heavy (non-hydrogen) atoms. The molecule has 1 heterocycles. The molecule has 0 saturated carbocycles. The molecule has 1 aromatic carbocycles. The van der Waals surface area contributed by atoms with Crippen LogP contribution in [0.4, 0.5) is 0 Å². The summed E-state index contributed by atoms with van der Waals surface area (Å²) in [5.74, 6) is 1.54. The Morgan fingerprint density at radius 3 is 2.96 bits per heavy atom. The summed E-state index contributed by atoms with van der Waals surface area (Å²) in [5.41, 5.74) is 0.906. The van der Waals surface area contributed by atoms with Gasteiger partial charge in [-0.2, -0.15) is 0 Å². The fourth-order valence-corrected chi connectivity index (χ4v) is 2.52. The summed E-state index contributed by atoms with van der Waals surface area (Å²) in [6.45, 7) is 6.92. The van der Waals surface area contributed by atoms with Crippen LogP contribution in [0, 0.1) is 6.92 Å². The molecule has 5 nitrogen and oxygen atoms in total. The Bertz CT molecular complexity index is 670. The summed E-state index contributed by atoms with van der Waals surface area (Å²) in [4.78, 5) is 16.4. The molecule has 0 spiro atoms. The normalized spacial score (nSPS) is 12.0. The van der Waals surface area contributed by atoms with E-state index < -0.39 is 6.10 Å². The lowest BCUT2D eigenvalue weighted by molar-refractivity contribution is -0.127. The molecular weight excluding hydrogens is 314 g/mol. The van der Waals surface area contributed by atoms with Gasteiger partial charge in [-0.1, -0.05) is 18.5 Å². The van der Waals surface area contributed by atoms with Crippen LogP contribution in [0.3, 0.4) is 0 Å². The molecule has 1 aromatic heterocycles. The molecule has 1 amide bonds. The molecule has 0 aliphatic heterocycles. The molecule has 0 radical (unpaired) electrons. The summed E-state index contributed by atoms with van der Waals surface area (Å²) in [7, 11) is 0. The van der Waals surface area contributed by atoms with Crippen LogP contribution < -0.4 is 10.1 Å². The van der Waals surface area contributed by atoms with Crippen LogP contribution in [0.1, 0.15) is 25.2 Å². The van der Waals surface area contributed by atoms with Crippen molar-refractivity contribution >= 4 is 17.5 Å². The Labute approximate surface area is 141 Å². The molecule has 124 valence electrons. The van der Waals surface area contributed by atoms with E-state index in [0.717, 1.165) is 17.8 Å². The van der Waals surface area contributed by atoms with E-state index >= 15 is 0 Å². The van der Waals surface area contributed by atoms with Gasteiger partial charge >= 0.3 is 0 Å². The van der Waals surface area contributed by atoms with E-state index in [-0.39, 0.29) is 5.91 Å². The van der Waals surface area contributed by atoms with Gasteiger partial charge in [0, 0.05) is 36.9 Å². The molecular formula is C17H22ClN3O2. The number of hydrogen-bond donors (Lipinski definition) is 1. The number of rotatable bonds is 7. The summed E-state index contributed by atoms with van der Waals surface area (Å²) >= 11 is 5.92. The number of ether oxygens (including phenoxy) is 1. The van der Waals surface area contributed by atoms with E-state index in [2.05, 4.69) is 17.2 Å². The Kier molecular flexibility index (Phi) is 6.04. The molecule has 2 aromatic rings. The van der Waals surface area contributed by atoms with Crippen LogP contribution >= 0.6 is 11.6 Å². The average molecular weight is 336 g/mol. The number of nitrogens with zero attached hydrogens (tertiary/aromatic N) is 2. The second-order valence-corrected chi connectivity index (χ2v) is 5.79. The maximum absolute atomic E-state index is 12.1. The number of nitrogens with one attached hydrogen (secondary N) is 1. The molecule has 0 aliphatic rings. The molecule has 1 N–H and O–H groups in total. The number of carbonyl (C=O) groups is 1. The molecule has 0 fully saturated rings. The minimum absolute atomic E-state index is 0.141. The first-order chi connectivity index (χ1) is 11.0. The first-order valence-corrected chi connectivity index (χ1v) is 8.09. The lowest BCUT2D eigenvalue weighted by Gasteiger charge is -2.16. The lowest BCUT2D eigenvalue weighted by atomic mass is 10.2. The Hall–Kier alpha value is -2.01. The van der Waals surface area contributed by atoms with Gasteiger partial charge in [-0.05, 0) is 37.6 Å². The maximum Gasteiger partial charge on any atom is 0.260 e. The third-order valence-corrected chi connectivity index (χ3v) is 3.81. The van der Waals surface area contributed by atoms with Crippen LogP contribution in [-0.4, -0.2) is 28.1 Å². The van der Waals surface area contributed by atoms with Crippen molar-refractivity contribution in [2.45, 2.75) is 39.8 Å². The zero-order valence-electron chi connectivity index (χ0n) is 13.7. The van der Waals surface area contributed by atoms with E-state index in [0.29, 0.717) is 23.9 Å². The minimum Gasteiger partial charge on any atom is -0.481 e. The van der Waals surface area contributed by atoms with Gasteiger partial charge in [0.1, 0.15) is 11.6 Å². The molecule has 0 bridgehead atoms. The number of amides is 1. The number of benzene rings is 1. The monoisotopic (exact) mass is 335 g/mol. The van der Waals surface area contributed by atoms with Gasteiger partial charge in [0.2, 0.25) is 0 Å². The van der Waals surface area contributed by atoms with Crippen LogP contribution in [0.25, 0.3) is 0 Å². The predicted octanol–water partition coefficient (Wildman–Crippen LogP) is 2.99. The summed E-state index contributed by atoms with van der Waals surface area (Å²) in [6, 6.07) is 5.34. The Morgan fingerprint density at radius 1 is 1.48 bits per heavy atom. The Balaban J connectivity index is 1.83. The van der Waals surface area contributed by atoms with Crippen LogP contribution in [0.15, 0.2) is 30.6 Å². The number of aryl methyl sites for hydroxylation is 2. The fourth-order valence-electron chi connectivity index (χ4n) is 2.29. The van der Waals surface area contributed by atoms with Crippen LogP contribution in [0.5, 0.6) is 5.75 Å². The van der Waals surface area contributed by atoms with Crippen LogP contribution in [0.2, 0.25) is 5.02 Å². The molecule has 0 aliphatic carbocycles. The van der Waals surface area contributed by atoms with Crippen molar-refractivity contribution in [1.82, 2.24) is 14.9 Å². The van der Waals surface area contributed by atoms with E-state index in [4.69, 9.17) is 16.3 Å². The van der Waals surface area contributed by atoms with Gasteiger partial charge in [-0.3, -0.25) is 4.79 Å². The van der Waals surface area contributed by atoms with Crippen molar-refractivity contribution in [3.8, 4) is 5.75 Å². The number of carbonyl (C=O) groups excluding carboxylic acids is 1. The van der Waals surface area contributed by atoms with Gasteiger partial charge in [0.15, 0.2) is 6.10 Å². The van der Waals surface area contributed by atoms with E-state index in [9.17, 15) is 4.79 Å². The minimum atomic E-state index is -0.566. The molecule has 6 heteroatoms. The third kappa shape index (κ3) is 4.73. The SMILES string of the molecule is CCc1nccn1CCNC(=O)[C@H](C)Oc1ccc(Cl)cc1C. The largest absolute Gasteiger partial charge is 0.481 e. The van der Waals surface area contributed by atoms with Crippen molar-refractivity contribution < 1.29 is 9.53 Å². The molecule has 0 saturated heterocycles. The lowest BCUT2D eigenvalue weighted by Crippen LogP contribution is -2.38. The van der Waals surface area contributed by atoms with Gasteiger partial charge in [-0.15, -0.1) is 0 Å². The number of hydrogen-bond acceptors (Lipinski definition) is 3. The highest BCUT2D eigenvalue weighted by molar-refractivity contribution is 6.30. The average Bonchev–Trinajstić information content (AvgIpc) is 2.97. The van der Waals surface area contributed by atoms with Crippen LogP contribution in [-0.2, 0) is 17.8 Å². The van der Waals surface area contributed by atoms with Crippen molar-refractivity contribution in [1.29, 1.82) is 0 Å². The quantitative estimate of drug-likeness (QED) is 0.846. The first-order valence-electron chi connectivity index (χ1n) is 7.71. The number of halogens is 1. The van der Waals surface area contributed by atoms with Gasteiger partial charge in [-0.25, -0.2) is 4.98 Å². The molecule has 1 atom stereocenters. The van der Waals surface area contributed by atoms with Crippen molar-refractivity contribution in [2.75, 3.05) is 6.54 Å². The summed E-state index contributed by atoms with van der Waals surface area (Å²) < 4.78 is 7.74. The van der Waals surface area contributed by atoms with Gasteiger partial charge in [0.25, 0.3) is 5.91 Å². The Morgan fingerprint density at radius 2 is 2.26 bits per heavy atom. The maximum atomic E-state index is 12.1. The first kappa shape index (κ1) is 17.3. The fraction of sp³-hybridized carbons (Fsp3) is 0.412. The van der Waals surface area contributed by atoms with E-state index in [1.165, 1.54) is 0 Å². The molecule has 2 rings (SSSR count). The standard InChI is InChI=1S/C17H22ClN3O2/c1-4-16-19-7-9-21(16)10-8-20-17(22)13(3)23-15-6-5-14(18)11-12(15)2/h5-7,9,11,13H,4,8,10H2,1-3H3,(H,20,22)/t13-/m0/s1. The number of aromatic nitrogens is 2. The number of imidazole rings is 1. The summed E-state index contributed by atoms with van der Waals surface area (Å²) in [6.07, 6.45) is 4.00. The third-order valence-electron chi connectivity index (χ3n) is 3.58. The van der Waals surface area contributed by atoms with Crippen molar-refractivity contribution in [3.63, 3.8) is 0 Å². The van der Waals surface area contributed by atoms with Crippen molar-refractivity contribution in [3.05, 3.63) is 47.0 Å². The van der Waals surface area contributed by atoms with Gasteiger partial charge in [0.05, 0.1) is 0 Å². The highest BCUT2D eigenvalue weighted by Gasteiger charge is 2.15. The second kappa shape index (κ2) is 8.02. The highest BCUT2D eigenvalue weighted by Crippen LogP contribution is 2.22.